The Morgan fingerprint density at radius 2 is 1.89 bits per heavy atom. The van der Waals surface area contributed by atoms with E-state index in [1.165, 1.54) is 0 Å². The number of ether oxygens (including phenoxy) is 1. The zero-order chi connectivity index (χ0) is 13.7. The van der Waals surface area contributed by atoms with Gasteiger partial charge in [0.05, 0.1) is 6.61 Å². The minimum Gasteiger partial charge on any atom is -0.508 e. The molecule has 0 aliphatic heterocycles. The average molecular weight is 275 g/mol. The normalized spacial score (nSPS) is 10.4. The lowest BCUT2D eigenvalue weighted by Gasteiger charge is -2.09. The first-order valence-electron chi connectivity index (χ1n) is 6.12. The van der Waals surface area contributed by atoms with Crippen LogP contribution in [0.15, 0.2) is 47.4 Å². The molecule has 3 N–H and O–H groups in total. The van der Waals surface area contributed by atoms with Gasteiger partial charge in [-0.1, -0.05) is 12.1 Å². The highest BCUT2D eigenvalue weighted by Crippen LogP contribution is 2.31. The molecule has 0 unspecified atom stereocenters. The molecule has 19 heavy (non-hydrogen) atoms. The molecule has 0 radical (unpaired) electrons. The molecule has 2 aromatic rings. The molecule has 2 rings (SSSR count). The van der Waals surface area contributed by atoms with Crippen molar-refractivity contribution >= 4 is 17.4 Å². The fraction of sp³-hybridized carbons (Fsp3) is 0.200. The van der Waals surface area contributed by atoms with Crippen LogP contribution in [0, 0.1) is 0 Å². The lowest BCUT2D eigenvalue weighted by Crippen LogP contribution is -1.94. The quantitative estimate of drug-likeness (QED) is 0.646. The van der Waals surface area contributed by atoms with Gasteiger partial charge in [0.25, 0.3) is 0 Å². The maximum Gasteiger partial charge on any atom is 0.120 e. The third-order valence-corrected chi connectivity index (χ3v) is 3.77. The van der Waals surface area contributed by atoms with Crippen LogP contribution in [-0.2, 0) is 5.75 Å². The molecule has 3 nitrogen and oxygen atoms in total. The first-order chi connectivity index (χ1) is 9.19. The van der Waals surface area contributed by atoms with Gasteiger partial charge in [-0.05, 0) is 42.8 Å². The van der Waals surface area contributed by atoms with Crippen molar-refractivity contribution in [1.82, 2.24) is 0 Å². The van der Waals surface area contributed by atoms with E-state index in [9.17, 15) is 5.11 Å². The molecule has 0 saturated carbocycles. The van der Waals surface area contributed by atoms with E-state index in [2.05, 4.69) is 0 Å². The fourth-order valence-electron chi connectivity index (χ4n) is 1.65. The summed E-state index contributed by atoms with van der Waals surface area (Å²) in [7, 11) is 0. The van der Waals surface area contributed by atoms with E-state index < -0.39 is 0 Å². The van der Waals surface area contributed by atoms with Gasteiger partial charge in [-0.25, -0.2) is 0 Å². The average Bonchev–Trinajstić information content (AvgIpc) is 2.41. The van der Waals surface area contributed by atoms with Gasteiger partial charge in [-0.15, -0.1) is 11.8 Å². The number of phenols is 1. The number of hydrogen-bond donors (Lipinski definition) is 2. The number of nitrogens with two attached hydrogens (primary N) is 1. The molecule has 0 saturated heterocycles. The first kappa shape index (κ1) is 13.6. The molecular weight excluding hydrogens is 258 g/mol. The van der Waals surface area contributed by atoms with E-state index in [1.54, 1.807) is 23.9 Å². The number of anilines is 1. The third-order valence-electron chi connectivity index (χ3n) is 2.63. The van der Waals surface area contributed by atoms with Crippen LogP contribution in [0.4, 0.5) is 5.69 Å². The molecule has 0 aliphatic rings. The van der Waals surface area contributed by atoms with Crippen molar-refractivity contribution in [3.05, 3.63) is 48.0 Å². The Morgan fingerprint density at radius 1 is 1.16 bits per heavy atom. The highest BCUT2D eigenvalue weighted by atomic mass is 32.2. The molecule has 0 aliphatic carbocycles. The van der Waals surface area contributed by atoms with Crippen molar-refractivity contribution < 1.29 is 9.84 Å². The monoisotopic (exact) mass is 275 g/mol. The standard InChI is InChI=1S/C15H17NO2S/c1-2-18-13-7-8-14(16)15(9-13)19-10-11-3-5-12(17)6-4-11/h3-9,17H,2,10,16H2,1H3. The van der Waals surface area contributed by atoms with Crippen molar-refractivity contribution in [3.63, 3.8) is 0 Å². The minimum atomic E-state index is 0.284. The molecule has 0 heterocycles. The second-order valence-corrected chi connectivity index (χ2v) is 5.10. The van der Waals surface area contributed by atoms with Gasteiger partial charge in [0, 0.05) is 16.3 Å². The molecule has 0 amide bonds. The summed E-state index contributed by atoms with van der Waals surface area (Å²) >= 11 is 1.66. The molecule has 0 bridgehead atoms. The molecule has 0 aromatic heterocycles. The van der Waals surface area contributed by atoms with Crippen LogP contribution in [-0.4, -0.2) is 11.7 Å². The molecule has 4 heteroatoms. The number of thioether (sulfide) groups is 1. The molecule has 2 aromatic carbocycles. The number of rotatable bonds is 5. The first-order valence-corrected chi connectivity index (χ1v) is 7.10. The van der Waals surface area contributed by atoms with Crippen LogP contribution in [0.3, 0.4) is 0 Å². The van der Waals surface area contributed by atoms with Gasteiger partial charge in [0.2, 0.25) is 0 Å². The Kier molecular flexibility index (Phi) is 4.58. The van der Waals surface area contributed by atoms with E-state index in [0.717, 1.165) is 27.6 Å². The van der Waals surface area contributed by atoms with Crippen molar-refractivity contribution in [2.24, 2.45) is 0 Å². The Labute approximate surface area is 117 Å². The van der Waals surface area contributed by atoms with Crippen molar-refractivity contribution in [1.29, 1.82) is 0 Å². The molecule has 0 atom stereocenters. The van der Waals surface area contributed by atoms with Gasteiger partial charge in [0.15, 0.2) is 0 Å². The van der Waals surface area contributed by atoms with E-state index >= 15 is 0 Å². The maximum absolute atomic E-state index is 9.24. The van der Waals surface area contributed by atoms with Gasteiger partial charge in [-0.2, -0.15) is 0 Å². The Morgan fingerprint density at radius 3 is 2.58 bits per heavy atom. The molecular formula is C15H17NO2S. The number of benzene rings is 2. The lowest BCUT2D eigenvalue weighted by atomic mass is 10.2. The summed E-state index contributed by atoms with van der Waals surface area (Å²) in [6, 6.07) is 12.9. The third kappa shape index (κ3) is 3.83. The number of phenolic OH excluding ortho intramolecular Hbond substituents is 1. The van der Waals surface area contributed by atoms with E-state index in [4.69, 9.17) is 10.5 Å². The van der Waals surface area contributed by atoms with Crippen molar-refractivity contribution in [3.8, 4) is 11.5 Å². The van der Waals surface area contributed by atoms with Gasteiger partial charge >= 0.3 is 0 Å². The topological polar surface area (TPSA) is 55.5 Å². The summed E-state index contributed by atoms with van der Waals surface area (Å²) in [6.07, 6.45) is 0. The summed E-state index contributed by atoms with van der Waals surface area (Å²) in [5.74, 6) is 1.93. The summed E-state index contributed by atoms with van der Waals surface area (Å²) in [5.41, 5.74) is 7.86. The summed E-state index contributed by atoms with van der Waals surface area (Å²) < 4.78 is 5.47. The maximum atomic E-state index is 9.24. The van der Waals surface area contributed by atoms with Crippen LogP contribution in [0.1, 0.15) is 12.5 Å². The Balaban J connectivity index is 2.05. The zero-order valence-corrected chi connectivity index (χ0v) is 11.6. The lowest BCUT2D eigenvalue weighted by molar-refractivity contribution is 0.339. The van der Waals surface area contributed by atoms with Gasteiger partial charge < -0.3 is 15.6 Å². The van der Waals surface area contributed by atoms with Crippen LogP contribution >= 0.6 is 11.8 Å². The fourth-order valence-corrected chi connectivity index (χ4v) is 2.60. The van der Waals surface area contributed by atoms with Crippen LogP contribution in [0.5, 0.6) is 11.5 Å². The van der Waals surface area contributed by atoms with Crippen LogP contribution < -0.4 is 10.5 Å². The predicted octanol–water partition coefficient (Wildman–Crippen LogP) is 3.67. The second kappa shape index (κ2) is 6.38. The number of nitrogen functional groups attached to an aromatic ring is 1. The van der Waals surface area contributed by atoms with Crippen molar-refractivity contribution in [2.45, 2.75) is 17.6 Å². The Hall–Kier alpha value is -1.81. The van der Waals surface area contributed by atoms with Crippen LogP contribution in [0.2, 0.25) is 0 Å². The van der Waals surface area contributed by atoms with E-state index in [0.29, 0.717) is 6.61 Å². The smallest absolute Gasteiger partial charge is 0.120 e. The number of hydrogen-bond acceptors (Lipinski definition) is 4. The van der Waals surface area contributed by atoms with E-state index in [-0.39, 0.29) is 5.75 Å². The minimum absolute atomic E-state index is 0.284. The molecule has 0 spiro atoms. The largest absolute Gasteiger partial charge is 0.508 e. The highest BCUT2D eigenvalue weighted by molar-refractivity contribution is 7.98. The van der Waals surface area contributed by atoms with Gasteiger partial charge in [0.1, 0.15) is 11.5 Å². The number of aromatic hydroxyl groups is 1. The zero-order valence-electron chi connectivity index (χ0n) is 10.8. The summed E-state index contributed by atoms with van der Waals surface area (Å²) in [6.45, 7) is 2.60. The second-order valence-electron chi connectivity index (χ2n) is 4.09. The Bertz CT molecular complexity index is 540. The van der Waals surface area contributed by atoms with Crippen molar-refractivity contribution in [2.75, 3.05) is 12.3 Å². The summed E-state index contributed by atoms with van der Waals surface area (Å²) in [4.78, 5) is 1.01. The summed E-state index contributed by atoms with van der Waals surface area (Å²) in [5, 5.41) is 9.24. The molecule has 100 valence electrons. The van der Waals surface area contributed by atoms with Gasteiger partial charge in [-0.3, -0.25) is 0 Å². The predicted molar refractivity (Wildman–Crippen MR) is 79.7 cm³/mol. The highest BCUT2D eigenvalue weighted by Gasteiger charge is 2.03. The van der Waals surface area contributed by atoms with Crippen LogP contribution in [0.25, 0.3) is 0 Å². The molecule has 0 fully saturated rings. The van der Waals surface area contributed by atoms with E-state index in [1.807, 2.05) is 37.3 Å². The SMILES string of the molecule is CCOc1ccc(N)c(SCc2ccc(O)cc2)c1.